The molecule has 1 amide bonds. The topological polar surface area (TPSA) is 66.6 Å². The van der Waals surface area contributed by atoms with E-state index in [4.69, 9.17) is 22.4 Å². The fourth-order valence-corrected chi connectivity index (χ4v) is 2.04. The lowest BCUT2D eigenvalue weighted by Crippen LogP contribution is -2.44. The SMILES string of the molecule is CN(Cc1cccc(C(F)(F)F)c1Cl)C(CO)C(N)=O. The van der Waals surface area contributed by atoms with E-state index in [1.54, 1.807) is 0 Å². The van der Waals surface area contributed by atoms with Gasteiger partial charge in [-0.1, -0.05) is 23.7 Å². The Bertz CT molecular complexity index is 494. The number of benzene rings is 1. The molecule has 0 aliphatic heterocycles. The van der Waals surface area contributed by atoms with E-state index in [-0.39, 0.29) is 12.1 Å². The molecular formula is C12H14ClF3N2O2. The van der Waals surface area contributed by atoms with Gasteiger partial charge in [0.1, 0.15) is 6.04 Å². The van der Waals surface area contributed by atoms with Crippen LogP contribution < -0.4 is 5.73 Å². The average Bonchev–Trinajstić information content (AvgIpc) is 2.30. The van der Waals surface area contributed by atoms with Crippen LogP contribution in [0.1, 0.15) is 11.1 Å². The van der Waals surface area contributed by atoms with Crippen molar-refractivity contribution in [2.75, 3.05) is 13.7 Å². The maximum atomic E-state index is 12.7. The van der Waals surface area contributed by atoms with Gasteiger partial charge < -0.3 is 10.8 Å². The van der Waals surface area contributed by atoms with Gasteiger partial charge >= 0.3 is 6.18 Å². The Balaban J connectivity index is 3.02. The first-order valence-electron chi connectivity index (χ1n) is 5.63. The number of nitrogens with two attached hydrogens (primary N) is 1. The zero-order chi connectivity index (χ0) is 15.5. The van der Waals surface area contributed by atoms with Crippen molar-refractivity contribution in [1.82, 2.24) is 4.90 Å². The molecule has 0 heterocycles. The van der Waals surface area contributed by atoms with Gasteiger partial charge in [-0.15, -0.1) is 0 Å². The lowest BCUT2D eigenvalue weighted by Gasteiger charge is -2.24. The molecule has 112 valence electrons. The van der Waals surface area contributed by atoms with Crippen molar-refractivity contribution in [2.45, 2.75) is 18.8 Å². The second kappa shape index (κ2) is 6.43. The maximum absolute atomic E-state index is 12.7. The van der Waals surface area contributed by atoms with Crippen molar-refractivity contribution in [2.24, 2.45) is 5.73 Å². The van der Waals surface area contributed by atoms with E-state index in [9.17, 15) is 18.0 Å². The Morgan fingerprint density at radius 2 is 2.10 bits per heavy atom. The zero-order valence-corrected chi connectivity index (χ0v) is 11.4. The summed E-state index contributed by atoms with van der Waals surface area (Å²) < 4.78 is 38.1. The fourth-order valence-electron chi connectivity index (χ4n) is 1.75. The molecule has 0 aromatic heterocycles. The van der Waals surface area contributed by atoms with E-state index in [0.717, 1.165) is 6.07 Å². The largest absolute Gasteiger partial charge is 0.417 e. The molecule has 0 aliphatic carbocycles. The molecule has 3 N–H and O–H groups in total. The monoisotopic (exact) mass is 310 g/mol. The van der Waals surface area contributed by atoms with Crippen molar-refractivity contribution in [1.29, 1.82) is 0 Å². The van der Waals surface area contributed by atoms with Crippen LogP contribution >= 0.6 is 11.6 Å². The van der Waals surface area contributed by atoms with E-state index in [1.807, 2.05) is 0 Å². The van der Waals surface area contributed by atoms with E-state index in [2.05, 4.69) is 0 Å². The summed E-state index contributed by atoms with van der Waals surface area (Å²) in [6, 6.07) is 2.55. The van der Waals surface area contributed by atoms with Crippen molar-refractivity contribution in [3.05, 3.63) is 34.3 Å². The van der Waals surface area contributed by atoms with Crippen molar-refractivity contribution in [3.63, 3.8) is 0 Å². The number of amides is 1. The first-order valence-corrected chi connectivity index (χ1v) is 6.01. The second-order valence-corrected chi connectivity index (χ2v) is 4.67. The van der Waals surface area contributed by atoms with Crippen LogP contribution in [-0.4, -0.2) is 35.6 Å². The number of primary amides is 1. The first-order chi connectivity index (χ1) is 9.18. The minimum absolute atomic E-state index is 0.0447. The molecule has 0 saturated carbocycles. The minimum Gasteiger partial charge on any atom is -0.394 e. The molecule has 0 radical (unpaired) electrons. The number of nitrogens with zero attached hydrogens (tertiary/aromatic N) is 1. The zero-order valence-electron chi connectivity index (χ0n) is 10.6. The van der Waals surface area contributed by atoms with Gasteiger partial charge in [0.25, 0.3) is 0 Å². The molecular weight excluding hydrogens is 297 g/mol. The van der Waals surface area contributed by atoms with Gasteiger partial charge in [0.2, 0.25) is 5.91 Å². The van der Waals surface area contributed by atoms with Crippen LogP contribution in [0.5, 0.6) is 0 Å². The first kappa shape index (κ1) is 16.7. The third-order valence-corrected chi connectivity index (χ3v) is 3.28. The molecule has 1 atom stereocenters. The number of likely N-dealkylation sites (N-methyl/N-ethyl adjacent to an activating group) is 1. The summed E-state index contributed by atoms with van der Waals surface area (Å²) >= 11 is 5.74. The van der Waals surface area contributed by atoms with Gasteiger partial charge in [0, 0.05) is 6.54 Å². The summed E-state index contributed by atoms with van der Waals surface area (Å²) in [5.41, 5.74) is 4.34. The Labute approximate surface area is 118 Å². The van der Waals surface area contributed by atoms with Crippen molar-refractivity contribution in [3.8, 4) is 0 Å². The van der Waals surface area contributed by atoms with Crippen molar-refractivity contribution < 1.29 is 23.1 Å². The van der Waals surface area contributed by atoms with Crippen LogP contribution in [0.25, 0.3) is 0 Å². The van der Waals surface area contributed by atoms with E-state index >= 15 is 0 Å². The highest BCUT2D eigenvalue weighted by Crippen LogP contribution is 2.36. The number of aliphatic hydroxyl groups excluding tert-OH is 1. The maximum Gasteiger partial charge on any atom is 0.417 e. The standard InChI is InChI=1S/C12H14ClF3N2O2/c1-18(9(6-19)11(17)20)5-7-3-2-4-8(10(7)13)12(14,15)16/h2-4,9,19H,5-6H2,1H3,(H2,17,20). The van der Waals surface area contributed by atoms with Gasteiger partial charge in [0.15, 0.2) is 0 Å². The van der Waals surface area contributed by atoms with E-state index in [1.165, 1.54) is 24.1 Å². The third-order valence-electron chi connectivity index (χ3n) is 2.84. The molecule has 4 nitrogen and oxygen atoms in total. The van der Waals surface area contributed by atoms with Gasteiger partial charge in [-0.2, -0.15) is 13.2 Å². The highest BCUT2D eigenvalue weighted by atomic mass is 35.5. The van der Waals surface area contributed by atoms with Crippen LogP contribution in [-0.2, 0) is 17.5 Å². The highest BCUT2D eigenvalue weighted by Gasteiger charge is 2.34. The fraction of sp³-hybridized carbons (Fsp3) is 0.417. The normalized spacial score (nSPS) is 13.6. The van der Waals surface area contributed by atoms with Crippen LogP contribution in [0.2, 0.25) is 5.02 Å². The van der Waals surface area contributed by atoms with Crippen LogP contribution in [0.15, 0.2) is 18.2 Å². The molecule has 0 spiro atoms. The molecule has 0 bridgehead atoms. The molecule has 0 saturated heterocycles. The molecule has 1 unspecified atom stereocenters. The summed E-state index contributed by atoms with van der Waals surface area (Å²) in [7, 11) is 1.46. The van der Waals surface area contributed by atoms with E-state index < -0.39 is 35.3 Å². The van der Waals surface area contributed by atoms with Crippen LogP contribution in [0.4, 0.5) is 13.2 Å². The van der Waals surface area contributed by atoms with Gasteiger partial charge in [-0.25, -0.2) is 0 Å². The Morgan fingerprint density at radius 1 is 1.50 bits per heavy atom. The molecule has 1 rings (SSSR count). The van der Waals surface area contributed by atoms with E-state index in [0.29, 0.717) is 0 Å². The average molecular weight is 311 g/mol. The van der Waals surface area contributed by atoms with Crippen LogP contribution in [0.3, 0.4) is 0 Å². The van der Waals surface area contributed by atoms with Crippen LogP contribution in [0, 0.1) is 0 Å². The molecule has 0 fully saturated rings. The van der Waals surface area contributed by atoms with Gasteiger partial charge in [-0.3, -0.25) is 9.69 Å². The minimum atomic E-state index is -4.55. The number of halogens is 4. The van der Waals surface area contributed by atoms with Gasteiger partial charge in [0.05, 0.1) is 17.2 Å². The summed E-state index contributed by atoms with van der Waals surface area (Å²) in [4.78, 5) is 12.4. The summed E-state index contributed by atoms with van der Waals surface area (Å²) in [6.07, 6.45) is -4.55. The molecule has 1 aromatic carbocycles. The predicted octanol–water partition coefficient (Wildman–Crippen LogP) is 1.64. The summed E-state index contributed by atoms with van der Waals surface area (Å²) in [6.45, 7) is -0.570. The second-order valence-electron chi connectivity index (χ2n) is 4.29. The predicted molar refractivity (Wildman–Crippen MR) is 68.0 cm³/mol. The number of carbonyl (C=O) groups is 1. The lowest BCUT2D eigenvalue weighted by atomic mass is 10.1. The highest BCUT2D eigenvalue weighted by molar-refractivity contribution is 6.32. The Hall–Kier alpha value is -1.31. The molecule has 1 aromatic rings. The Kier molecular flexibility index (Phi) is 5.38. The third kappa shape index (κ3) is 3.84. The lowest BCUT2D eigenvalue weighted by molar-refractivity contribution is -0.137. The number of alkyl halides is 3. The van der Waals surface area contributed by atoms with Crippen molar-refractivity contribution >= 4 is 17.5 Å². The molecule has 20 heavy (non-hydrogen) atoms. The smallest absolute Gasteiger partial charge is 0.394 e. The number of rotatable bonds is 5. The Morgan fingerprint density at radius 3 is 2.55 bits per heavy atom. The quantitative estimate of drug-likeness (QED) is 0.869. The number of hydrogen-bond donors (Lipinski definition) is 2. The number of carbonyl (C=O) groups excluding carboxylic acids is 1. The number of aliphatic hydroxyl groups is 1. The van der Waals surface area contributed by atoms with Gasteiger partial charge in [-0.05, 0) is 18.7 Å². The number of hydrogen-bond acceptors (Lipinski definition) is 3. The molecule has 8 heteroatoms. The summed E-state index contributed by atoms with van der Waals surface area (Å²) in [5, 5.41) is 8.62. The molecule has 0 aliphatic rings. The summed E-state index contributed by atoms with van der Waals surface area (Å²) in [5.74, 6) is -0.766.